The van der Waals surface area contributed by atoms with Crippen LogP contribution in [0.1, 0.15) is 16.7 Å². The SMILES string of the molecule is Cc1cccc(CN2CCN(C(=O)CN(C)C(=S)NCc3ccc(F)cc3)CC2)c1. The Morgan fingerprint density at radius 1 is 1.10 bits per heavy atom. The zero-order valence-corrected chi connectivity index (χ0v) is 18.4. The van der Waals surface area contributed by atoms with E-state index in [4.69, 9.17) is 12.2 Å². The van der Waals surface area contributed by atoms with Gasteiger partial charge in [0.15, 0.2) is 5.11 Å². The van der Waals surface area contributed by atoms with Crippen molar-refractivity contribution in [3.8, 4) is 0 Å². The monoisotopic (exact) mass is 428 g/mol. The van der Waals surface area contributed by atoms with Gasteiger partial charge in [-0.05, 0) is 42.4 Å². The minimum atomic E-state index is -0.261. The normalized spacial score (nSPS) is 14.4. The molecule has 0 atom stereocenters. The van der Waals surface area contributed by atoms with E-state index in [0.717, 1.165) is 38.3 Å². The van der Waals surface area contributed by atoms with E-state index in [1.165, 1.54) is 23.3 Å². The lowest BCUT2D eigenvalue weighted by molar-refractivity contribution is -0.133. The smallest absolute Gasteiger partial charge is 0.242 e. The fourth-order valence-corrected chi connectivity index (χ4v) is 3.65. The number of thiocarbonyl (C=S) groups is 1. The van der Waals surface area contributed by atoms with Gasteiger partial charge in [-0.3, -0.25) is 9.69 Å². The molecule has 3 rings (SSSR count). The molecule has 0 saturated carbocycles. The summed E-state index contributed by atoms with van der Waals surface area (Å²) in [4.78, 5) is 18.7. The summed E-state index contributed by atoms with van der Waals surface area (Å²) < 4.78 is 13.0. The van der Waals surface area contributed by atoms with Crippen molar-refractivity contribution in [1.82, 2.24) is 20.0 Å². The lowest BCUT2D eigenvalue weighted by Crippen LogP contribution is -2.51. The van der Waals surface area contributed by atoms with Crippen LogP contribution in [0, 0.1) is 12.7 Å². The van der Waals surface area contributed by atoms with Crippen LogP contribution in [-0.4, -0.2) is 65.5 Å². The number of benzene rings is 2. The van der Waals surface area contributed by atoms with Gasteiger partial charge in [-0.25, -0.2) is 4.39 Å². The number of hydrogen-bond donors (Lipinski definition) is 1. The molecule has 5 nitrogen and oxygen atoms in total. The standard InChI is InChI=1S/C23H29FN4OS/c1-18-4-3-5-20(14-18)16-27-10-12-28(13-11-27)22(29)17-26(2)23(30)25-15-19-6-8-21(24)9-7-19/h3-9,14H,10-13,15-17H2,1-2H3,(H,25,30). The van der Waals surface area contributed by atoms with Crippen LogP contribution in [-0.2, 0) is 17.9 Å². The molecule has 0 bridgehead atoms. The van der Waals surface area contributed by atoms with E-state index in [1.807, 2.05) is 11.9 Å². The molecule has 1 N–H and O–H groups in total. The van der Waals surface area contributed by atoms with Crippen LogP contribution in [0.2, 0.25) is 0 Å². The number of nitrogens with zero attached hydrogens (tertiary/aromatic N) is 3. The van der Waals surface area contributed by atoms with Crippen molar-refractivity contribution in [2.75, 3.05) is 39.8 Å². The van der Waals surface area contributed by atoms with E-state index >= 15 is 0 Å². The molecule has 0 radical (unpaired) electrons. The highest BCUT2D eigenvalue weighted by molar-refractivity contribution is 7.80. The van der Waals surface area contributed by atoms with Crippen LogP contribution in [0.3, 0.4) is 0 Å². The van der Waals surface area contributed by atoms with Crippen molar-refractivity contribution in [1.29, 1.82) is 0 Å². The second-order valence-corrected chi connectivity index (χ2v) is 8.17. The summed E-state index contributed by atoms with van der Waals surface area (Å²) in [5, 5.41) is 3.63. The average molecular weight is 429 g/mol. The molecule has 30 heavy (non-hydrogen) atoms. The van der Waals surface area contributed by atoms with Crippen LogP contribution in [0.25, 0.3) is 0 Å². The Balaban J connectivity index is 1.40. The first kappa shape index (κ1) is 22.2. The molecule has 160 valence electrons. The number of amides is 1. The van der Waals surface area contributed by atoms with Crippen LogP contribution >= 0.6 is 12.2 Å². The summed E-state index contributed by atoms with van der Waals surface area (Å²) in [6.45, 7) is 6.97. The predicted molar refractivity (Wildman–Crippen MR) is 122 cm³/mol. The molecule has 1 heterocycles. The number of halogens is 1. The van der Waals surface area contributed by atoms with Crippen molar-refractivity contribution in [3.05, 3.63) is 71.0 Å². The molecule has 2 aromatic carbocycles. The minimum absolute atomic E-state index is 0.0821. The van der Waals surface area contributed by atoms with Crippen molar-refractivity contribution < 1.29 is 9.18 Å². The average Bonchev–Trinajstić information content (AvgIpc) is 2.73. The van der Waals surface area contributed by atoms with E-state index in [0.29, 0.717) is 11.7 Å². The molecule has 0 unspecified atom stereocenters. The molecule has 1 aliphatic rings. The Morgan fingerprint density at radius 2 is 1.80 bits per heavy atom. The van der Waals surface area contributed by atoms with Crippen molar-refractivity contribution in [2.45, 2.75) is 20.0 Å². The number of hydrogen-bond acceptors (Lipinski definition) is 3. The maximum absolute atomic E-state index is 13.0. The van der Waals surface area contributed by atoms with Gasteiger partial charge in [0, 0.05) is 46.3 Å². The summed E-state index contributed by atoms with van der Waals surface area (Å²) in [5.41, 5.74) is 3.52. The third-order valence-corrected chi connectivity index (χ3v) is 5.75. The third-order valence-electron chi connectivity index (χ3n) is 5.29. The summed E-state index contributed by atoms with van der Waals surface area (Å²) in [7, 11) is 1.81. The van der Waals surface area contributed by atoms with Gasteiger partial charge in [0.05, 0.1) is 6.54 Å². The second kappa shape index (κ2) is 10.5. The zero-order valence-electron chi connectivity index (χ0n) is 17.6. The van der Waals surface area contributed by atoms with Gasteiger partial charge < -0.3 is 15.1 Å². The fourth-order valence-electron chi connectivity index (χ4n) is 3.51. The summed E-state index contributed by atoms with van der Waals surface area (Å²) in [6, 6.07) is 14.8. The zero-order chi connectivity index (χ0) is 21.5. The number of piperazine rings is 1. The van der Waals surface area contributed by atoms with Gasteiger partial charge in [-0.2, -0.15) is 0 Å². The Labute approximate surface area is 183 Å². The van der Waals surface area contributed by atoms with E-state index in [2.05, 4.69) is 41.4 Å². The van der Waals surface area contributed by atoms with Gasteiger partial charge in [-0.1, -0.05) is 42.0 Å². The highest BCUT2D eigenvalue weighted by Crippen LogP contribution is 2.11. The van der Waals surface area contributed by atoms with Crippen molar-refractivity contribution in [2.24, 2.45) is 0 Å². The molecular formula is C23H29FN4OS. The summed E-state index contributed by atoms with van der Waals surface area (Å²) in [5.74, 6) is -0.179. The number of rotatable bonds is 6. The Hall–Kier alpha value is -2.51. The van der Waals surface area contributed by atoms with Crippen LogP contribution in [0.5, 0.6) is 0 Å². The van der Waals surface area contributed by atoms with Gasteiger partial charge in [0.2, 0.25) is 5.91 Å². The molecule has 2 aromatic rings. The minimum Gasteiger partial charge on any atom is -0.358 e. The Kier molecular flexibility index (Phi) is 7.76. The van der Waals surface area contributed by atoms with Crippen LogP contribution in [0.4, 0.5) is 4.39 Å². The number of carbonyl (C=O) groups is 1. The van der Waals surface area contributed by atoms with Gasteiger partial charge >= 0.3 is 0 Å². The Bertz CT molecular complexity index is 866. The molecule has 1 fully saturated rings. The molecule has 7 heteroatoms. The lowest BCUT2D eigenvalue weighted by Gasteiger charge is -2.35. The molecule has 1 saturated heterocycles. The predicted octanol–water partition coefficient (Wildman–Crippen LogP) is 2.78. The first-order chi connectivity index (χ1) is 14.4. The number of nitrogens with one attached hydrogen (secondary N) is 1. The van der Waals surface area contributed by atoms with Gasteiger partial charge in [0.25, 0.3) is 0 Å². The first-order valence-electron chi connectivity index (χ1n) is 10.2. The van der Waals surface area contributed by atoms with E-state index in [1.54, 1.807) is 17.0 Å². The molecular weight excluding hydrogens is 399 g/mol. The van der Waals surface area contributed by atoms with Gasteiger partial charge in [-0.15, -0.1) is 0 Å². The summed E-state index contributed by atoms with van der Waals surface area (Å²) >= 11 is 5.39. The first-order valence-corrected chi connectivity index (χ1v) is 10.6. The van der Waals surface area contributed by atoms with E-state index in [9.17, 15) is 9.18 Å². The maximum atomic E-state index is 13.0. The second-order valence-electron chi connectivity index (χ2n) is 7.79. The fraction of sp³-hybridized carbons (Fsp3) is 0.391. The lowest BCUT2D eigenvalue weighted by atomic mass is 10.1. The van der Waals surface area contributed by atoms with E-state index < -0.39 is 0 Å². The van der Waals surface area contributed by atoms with Gasteiger partial charge in [0.1, 0.15) is 5.82 Å². The molecule has 0 aromatic heterocycles. The molecule has 0 aliphatic carbocycles. The molecule has 0 spiro atoms. The summed E-state index contributed by atoms with van der Waals surface area (Å²) in [6.07, 6.45) is 0. The maximum Gasteiger partial charge on any atom is 0.242 e. The molecule has 1 amide bonds. The number of carbonyl (C=O) groups excluding carboxylic acids is 1. The van der Waals surface area contributed by atoms with Crippen LogP contribution < -0.4 is 5.32 Å². The van der Waals surface area contributed by atoms with Crippen LogP contribution in [0.15, 0.2) is 48.5 Å². The largest absolute Gasteiger partial charge is 0.358 e. The number of aryl methyl sites for hydroxylation is 1. The third kappa shape index (κ3) is 6.50. The van der Waals surface area contributed by atoms with E-state index in [-0.39, 0.29) is 18.3 Å². The number of likely N-dealkylation sites (N-methyl/N-ethyl adjacent to an activating group) is 1. The van der Waals surface area contributed by atoms with Crippen molar-refractivity contribution >= 4 is 23.2 Å². The highest BCUT2D eigenvalue weighted by Gasteiger charge is 2.22. The highest BCUT2D eigenvalue weighted by atomic mass is 32.1. The van der Waals surface area contributed by atoms with Crippen molar-refractivity contribution in [3.63, 3.8) is 0 Å². The quantitative estimate of drug-likeness (QED) is 0.717. The topological polar surface area (TPSA) is 38.8 Å². The molecule has 1 aliphatic heterocycles. The Morgan fingerprint density at radius 3 is 2.47 bits per heavy atom.